The lowest BCUT2D eigenvalue weighted by Gasteiger charge is -2.50. The summed E-state index contributed by atoms with van der Waals surface area (Å²) in [7, 11) is -4.05. The Labute approximate surface area is 179 Å². The lowest BCUT2D eigenvalue weighted by Crippen LogP contribution is -2.44. The average Bonchev–Trinajstić information content (AvgIpc) is 3.04. The number of rotatable bonds is 4. The van der Waals surface area contributed by atoms with Gasteiger partial charge in [-0.15, -0.1) is 0 Å². The maximum absolute atomic E-state index is 11.5. The quantitative estimate of drug-likeness (QED) is 0.731. The fraction of sp³-hybridized carbons (Fsp3) is 0.652. The van der Waals surface area contributed by atoms with Gasteiger partial charge in [-0.1, -0.05) is 19.9 Å². The molecule has 0 radical (unpaired) electrons. The lowest BCUT2D eigenvalue weighted by atomic mass is 9.53. The van der Waals surface area contributed by atoms with Crippen molar-refractivity contribution < 1.29 is 12.6 Å². The number of nitrogens with zero attached hydrogens (tertiary/aromatic N) is 2. The van der Waals surface area contributed by atoms with E-state index in [0.717, 1.165) is 44.1 Å². The Balaban J connectivity index is 1.67. The molecule has 3 aliphatic carbocycles. The fourth-order valence-corrected chi connectivity index (χ4v) is 7.30. The van der Waals surface area contributed by atoms with Crippen molar-refractivity contribution in [1.82, 2.24) is 0 Å². The SMILES string of the molecule is [C-]#[N+]C(C#N)[C@H]1CCC2C3CCc4cc(OS(N)(=O)=O)c(CC)cc4C3CC[C@@]21C. The molecule has 1 aromatic carbocycles. The Kier molecular flexibility index (Phi) is 5.33. The van der Waals surface area contributed by atoms with Gasteiger partial charge in [-0.3, -0.25) is 4.85 Å². The van der Waals surface area contributed by atoms with Gasteiger partial charge < -0.3 is 4.18 Å². The molecule has 2 N–H and O–H groups in total. The van der Waals surface area contributed by atoms with Crippen molar-refractivity contribution in [2.75, 3.05) is 0 Å². The summed E-state index contributed by atoms with van der Waals surface area (Å²) in [5.74, 6) is 2.07. The largest absolute Gasteiger partial charge is 0.380 e. The van der Waals surface area contributed by atoms with Gasteiger partial charge in [0.2, 0.25) is 0 Å². The number of aryl methyl sites for hydroxylation is 2. The molecule has 0 bridgehead atoms. The second kappa shape index (κ2) is 7.55. The van der Waals surface area contributed by atoms with Gasteiger partial charge in [0, 0.05) is 0 Å². The summed E-state index contributed by atoms with van der Waals surface area (Å²) in [5.41, 5.74) is 3.44. The van der Waals surface area contributed by atoms with Crippen LogP contribution in [0.5, 0.6) is 5.75 Å². The van der Waals surface area contributed by atoms with Crippen LogP contribution in [0.3, 0.4) is 0 Å². The van der Waals surface area contributed by atoms with Gasteiger partial charge in [0.1, 0.15) is 5.75 Å². The third-order valence-corrected chi connectivity index (χ3v) is 8.63. The Morgan fingerprint density at radius 1 is 1.37 bits per heavy atom. The van der Waals surface area contributed by atoms with Crippen LogP contribution >= 0.6 is 0 Å². The van der Waals surface area contributed by atoms with Crippen molar-refractivity contribution in [3.63, 3.8) is 0 Å². The molecule has 0 aromatic heterocycles. The Hall–Kier alpha value is -2.09. The topological polar surface area (TPSA) is 97.5 Å². The van der Waals surface area contributed by atoms with Crippen LogP contribution in [0, 0.1) is 41.1 Å². The lowest BCUT2D eigenvalue weighted by molar-refractivity contribution is 0.0283. The summed E-state index contributed by atoms with van der Waals surface area (Å²) >= 11 is 0. The molecule has 7 heteroatoms. The third-order valence-electron chi connectivity index (χ3n) is 8.22. The molecule has 3 aliphatic rings. The molecular formula is C23H29N3O3S. The van der Waals surface area contributed by atoms with E-state index in [-0.39, 0.29) is 11.3 Å². The van der Waals surface area contributed by atoms with E-state index in [1.165, 1.54) is 11.1 Å². The molecule has 4 rings (SSSR count). The molecule has 30 heavy (non-hydrogen) atoms. The molecule has 0 amide bonds. The molecule has 160 valence electrons. The number of fused-ring (bicyclic) bond motifs is 5. The van der Waals surface area contributed by atoms with Crippen LogP contribution in [0.2, 0.25) is 0 Å². The first kappa shape index (κ1) is 21.2. The molecule has 0 saturated heterocycles. The van der Waals surface area contributed by atoms with Crippen LogP contribution in [0.1, 0.15) is 68.6 Å². The van der Waals surface area contributed by atoms with Crippen LogP contribution in [-0.4, -0.2) is 14.5 Å². The van der Waals surface area contributed by atoms with Crippen LogP contribution in [0.4, 0.5) is 0 Å². The smallest absolute Gasteiger partial charge is 0.371 e. The molecule has 1 aromatic rings. The fourth-order valence-electron chi connectivity index (χ4n) is 6.89. The van der Waals surface area contributed by atoms with Gasteiger partial charge in [0.05, 0.1) is 5.92 Å². The molecule has 6 nitrogen and oxygen atoms in total. The van der Waals surface area contributed by atoms with Crippen molar-refractivity contribution in [3.8, 4) is 11.8 Å². The Morgan fingerprint density at radius 2 is 2.13 bits per heavy atom. The van der Waals surface area contributed by atoms with Gasteiger partial charge in [0.25, 0.3) is 0 Å². The Bertz CT molecular complexity index is 1020. The highest BCUT2D eigenvalue weighted by molar-refractivity contribution is 7.84. The van der Waals surface area contributed by atoms with E-state index in [2.05, 4.69) is 23.9 Å². The number of nitrogens with two attached hydrogens (primary N) is 1. The highest BCUT2D eigenvalue weighted by Gasteiger charge is 2.58. The molecular weight excluding hydrogens is 398 g/mol. The van der Waals surface area contributed by atoms with E-state index in [1.807, 2.05) is 13.0 Å². The number of hydrogen-bond acceptors (Lipinski definition) is 4. The van der Waals surface area contributed by atoms with Crippen LogP contribution in [0.15, 0.2) is 12.1 Å². The summed E-state index contributed by atoms with van der Waals surface area (Å²) in [6, 6.07) is 5.74. The highest BCUT2D eigenvalue weighted by Crippen LogP contribution is 2.64. The average molecular weight is 428 g/mol. The molecule has 4 unspecified atom stereocenters. The standard InChI is InChI=1S/C23H29N3O3S/c1-4-14-11-18-15(12-22(14)29-30(25,27)28)5-6-17-16(18)9-10-23(2)19(17)7-8-20(23)21(13-24)26-3/h11-12,16-17,19-21H,4-10H2,1-2H3,(H2,25,27,28)/t16?,17?,19?,20-,21?,23+/m1/s1. The first-order chi connectivity index (χ1) is 14.2. The van der Waals surface area contributed by atoms with Crippen molar-refractivity contribution in [2.24, 2.45) is 28.3 Å². The van der Waals surface area contributed by atoms with Crippen molar-refractivity contribution in [1.29, 1.82) is 5.26 Å². The summed E-state index contributed by atoms with van der Waals surface area (Å²) in [4.78, 5) is 3.64. The zero-order chi connectivity index (χ0) is 21.7. The van der Waals surface area contributed by atoms with E-state index in [4.69, 9.17) is 15.9 Å². The van der Waals surface area contributed by atoms with Crippen LogP contribution in [-0.2, 0) is 23.1 Å². The number of hydrogen-bond donors (Lipinski definition) is 1. The Morgan fingerprint density at radius 3 is 2.77 bits per heavy atom. The van der Waals surface area contributed by atoms with Crippen molar-refractivity contribution in [2.45, 2.75) is 70.8 Å². The minimum atomic E-state index is -4.05. The van der Waals surface area contributed by atoms with E-state index >= 15 is 0 Å². The zero-order valence-corrected chi connectivity index (χ0v) is 18.4. The van der Waals surface area contributed by atoms with E-state index in [0.29, 0.717) is 29.9 Å². The minimum Gasteiger partial charge on any atom is -0.371 e. The number of nitriles is 1. The maximum Gasteiger partial charge on any atom is 0.380 e. The molecule has 0 aliphatic heterocycles. The van der Waals surface area contributed by atoms with Crippen molar-refractivity contribution in [3.05, 3.63) is 40.2 Å². The number of benzene rings is 1. The van der Waals surface area contributed by atoms with Crippen LogP contribution < -0.4 is 9.32 Å². The first-order valence-corrected chi connectivity index (χ1v) is 12.3. The predicted molar refractivity (Wildman–Crippen MR) is 114 cm³/mol. The first-order valence-electron chi connectivity index (χ1n) is 10.9. The zero-order valence-electron chi connectivity index (χ0n) is 17.6. The van der Waals surface area contributed by atoms with Crippen molar-refractivity contribution >= 4 is 10.3 Å². The summed E-state index contributed by atoms with van der Waals surface area (Å²) < 4.78 is 28.0. The normalized spacial score (nSPS) is 33.4. The van der Waals surface area contributed by atoms with Gasteiger partial charge in [0.15, 0.2) is 6.07 Å². The minimum absolute atomic E-state index is 0.0634. The van der Waals surface area contributed by atoms with Gasteiger partial charge in [-0.25, -0.2) is 6.57 Å². The highest BCUT2D eigenvalue weighted by atomic mass is 32.2. The summed E-state index contributed by atoms with van der Waals surface area (Å²) in [5, 5.41) is 14.6. The summed E-state index contributed by atoms with van der Waals surface area (Å²) in [6.07, 6.45) is 6.78. The molecule has 6 atom stereocenters. The third kappa shape index (κ3) is 3.39. The van der Waals surface area contributed by atoms with E-state index in [9.17, 15) is 13.7 Å². The second-order valence-electron chi connectivity index (χ2n) is 9.44. The van der Waals surface area contributed by atoms with E-state index in [1.54, 1.807) is 0 Å². The monoisotopic (exact) mass is 427 g/mol. The molecule has 2 fully saturated rings. The molecule has 0 heterocycles. The maximum atomic E-state index is 11.5. The molecule has 2 saturated carbocycles. The van der Waals surface area contributed by atoms with Gasteiger partial charge in [-0.05, 0) is 90.9 Å². The van der Waals surface area contributed by atoms with E-state index < -0.39 is 16.3 Å². The predicted octanol–water partition coefficient (Wildman–Crippen LogP) is 4.12. The second-order valence-corrected chi connectivity index (χ2v) is 10.6. The van der Waals surface area contributed by atoms with Crippen LogP contribution in [0.25, 0.3) is 4.85 Å². The summed E-state index contributed by atoms with van der Waals surface area (Å²) in [6.45, 7) is 11.8. The van der Waals surface area contributed by atoms with Gasteiger partial charge >= 0.3 is 16.3 Å². The van der Waals surface area contributed by atoms with Gasteiger partial charge in [-0.2, -0.15) is 18.8 Å². The molecule has 0 spiro atoms.